The standard InChI is InChI=1S/C16H19N7/c1-18-14-8-15(21-11-20-14)22-13-4-6-23(7-5-13)16-3-2-12(9-17)10-19-16/h2-3,8,10-11,13H,4-7H2,1H3,(H2,18,20,21,22). The minimum atomic E-state index is 0.393. The number of nitriles is 1. The molecule has 0 amide bonds. The van der Waals surface area contributed by atoms with Gasteiger partial charge in [-0.2, -0.15) is 5.26 Å². The summed E-state index contributed by atoms with van der Waals surface area (Å²) in [7, 11) is 1.84. The van der Waals surface area contributed by atoms with Crippen molar-refractivity contribution in [2.75, 3.05) is 35.7 Å². The molecular weight excluding hydrogens is 290 g/mol. The molecule has 0 bridgehead atoms. The maximum Gasteiger partial charge on any atom is 0.131 e. The number of rotatable bonds is 4. The van der Waals surface area contributed by atoms with Crippen LogP contribution in [0, 0.1) is 11.3 Å². The molecule has 2 aromatic heterocycles. The van der Waals surface area contributed by atoms with E-state index in [9.17, 15) is 0 Å². The minimum absolute atomic E-state index is 0.393. The summed E-state index contributed by atoms with van der Waals surface area (Å²) in [5.74, 6) is 2.59. The molecule has 0 unspecified atom stereocenters. The molecule has 0 radical (unpaired) electrons. The lowest BCUT2D eigenvalue weighted by Crippen LogP contribution is -2.39. The fourth-order valence-corrected chi connectivity index (χ4v) is 2.67. The normalized spacial score (nSPS) is 15.0. The molecule has 1 saturated heterocycles. The van der Waals surface area contributed by atoms with Crippen LogP contribution >= 0.6 is 0 Å². The molecule has 1 fully saturated rings. The molecule has 0 aliphatic carbocycles. The number of anilines is 3. The third-order valence-corrected chi connectivity index (χ3v) is 3.97. The Morgan fingerprint density at radius 1 is 1.17 bits per heavy atom. The molecule has 1 aliphatic rings. The minimum Gasteiger partial charge on any atom is -0.373 e. The van der Waals surface area contributed by atoms with Gasteiger partial charge in [0, 0.05) is 38.4 Å². The number of hydrogen-bond donors (Lipinski definition) is 2. The van der Waals surface area contributed by atoms with E-state index >= 15 is 0 Å². The van der Waals surface area contributed by atoms with Crippen molar-refractivity contribution in [1.29, 1.82) is 5.26 Å². The van der Waals surface area contributed by atoms with Gasteiger partial charge in [0.2, 0.25) is 0 Å². The molecule has 0 spiro atoms. The Bertz CT molecular complexity index is 684. The summed E-state index contributed by atoms with van der Waals surface area (Å²) >= 11 is 0. The zero-order valence-electron chi connectivity index (χ0n) is 13.0. The first kappa shape index (κ1) is 15.0. The summed E-state index contributed by atoms with van der Waals surface area (Å²) in [6.07, 6.45) is 5.21. The number of hydrogen-bond acceptors (Lipinski definition) is 7. The number of nitrogens with zero attached hydrogens (tertiary/aromatic N) is 5. The average Bonchev–Trinajstić information content (AvgIpc) is 2.63. The fraction of sp³-hybridized carbons (Fsp3) is 0.375. The molecule has 2 N–H and O–H groups in total. The highest BCUT2D eigenvalue weighted by atomic mass is 15.2. The topological polar surface area (TPSA) is 89.8 Å². The zero-order chi connectivity index (χ0) is 16.1. The monoisotopic (exact) mass is 309 g/mol. The lowest BCUT2D eigenvalue weighted by molar-refractivity contribution is 0.522. The summed E-state index contributed by atoms with van der Waals surface area (Å²) in [6.45, 7) is 1.86. The predicted octanol–water partition coefficient (Wildman–Crippen LogP) is 1.87. The van der Waals surface area contributed by atoms with Crippen molar-refractivity contribution >= 4 is 17.5 Å². The van der Waals surface area contributed by atoms with Crippen LogP contribution in [0.5, 0.6) is 0 Å². The largest absolute Gasteiger partial charge is 0.373 e. The van der Waals surface area contributed by atoms with Gasteiger partial charge in [-0.05, 0) is 25.0 Å². The van der Waals surface area contributed by atoms with Crippen LogP contribution in [0.1, 0.15) is 18.4 Å². The van der Waals surface area contributed by atoms with Crippen LogP contribution in [0.4, 0.5) is 17.5 Å². The average molecular weight is 309 g/mol. The Kier molecular flexibility index (Phi) is 4.52. The van der Waals surface area contributed by atoms with Crippen molar-refractivity contribution in [1.82, 2.24) is 15.0 Å². The Balaban J connectivity index is 1.56. The summed E-state index contributed by atoms with van der Waals surface area (Å²) in [6, 6.07) is 8.12. The van der Waals surface area contributed by atoms with Gasteiger partial charge >= 0.3 is 0 Å². The second kappa shape index (κ2) is 6.92. The Morgan fingerprint density at radius 2 is 1.96 bits per heavy atom. The van der Waals surface area contributed by atoms with Crippen LogP contribution in [0.25, 0.3) is 0 Å². The molecule has 2 aromatic rings. The molecule has 1 aliphatic heterocycles. The third-order valence-electron chi connectivity index (χ3n) is 3.97. The first-order valence-corrected chi connectivity index (χ1v) is 7.66. The summed E-state index contributed by atoms with van der Waals surface area (Å²) in [5, 5.41) is 15.3. The molecule has 0 saturated carbocycles. The van der Waals surface area contributed by atoms with Gasteiger partial charge in [0.15, 0.2) is 0 Å². The van der Waals surface area contributed by atoms with E-state index in [0.717, 1.165) is 43.4 Å². The second-order valence-electron chi connectivity index (χ2n) is 5.46. The van der Waals surface area contributed by atoms with Gasteiger partial charge in [0.25, 0.3) is 0 Å². The van der Waals surface area contributed by atoms with Crippen molar-refractivity contribution in [3.05, 3.63) is 36.3 Å². The third kappa shape index (κ3) is 3.66. The lowest BCUT2D eigenvalue weighted by atomic mass is 10.0. The van der Waals surface area contributed by atoms with E-state index < -0.39 is 0 Å². The predicted molar refractivity (Wildman–Crippen MR) is 89.4 cm³/mol. The van der Waals surface area contributed by atoms with Crippen LogP contribution in [0.15, 0.2) is 30.7 Å². The Labute approximate surface area is 135 Å². The van der Waals surface area contributed by atoms with E-state index in [1.807, 2.05) is 25.2 Å². The van der Waals surface area contributed by atoms with Crippen molar-refractivity contribution < 1.29 is 0 Å². The smallest absolute Gasteiger partial charge is 0.131 e. The lowest BCUT2D eigenvalue weighted by Gasteiger charge is -2.33. The Morgan fingerprint density at radius 3 is 2.61 bits per heavy atom. The molecule has 0 atom stereocenters. The van der Waals surface area contributed by atoms with Crippen LogP contribution in [-0.2, 0) is 0 Å². The first-order chi connectivity index (χ1) is 11.3. The van der Waals surface area contributed by atoms with Crippen LogP contribution < -0.4 is 15.5 Å². The highest BCUT2D eigenvalue weighted by Gasteiger charge is 2.20. The maximum absolute atomic E-state index is 8.82. The molecule has 0 aromatic carbocycles. The van der Waals surface area contributed by atoms with E-state index in [1.54, 1.807) is 12.5 Å². The molecular formula is C16H19N7. The molecule has 3 heterocycles. The van der Waals surface area contributed by atoms with E-state index in [0.29, 0.717) is 11.6 Å². The van der Waals surface area contributed by atoms with Crippen molar-refractivity contribution in [2.45, 2.75) is 18.9 Å². The molecule has 118 valence electrons. The van der Waals surface area contributed by atoms with Gasteiger partial charge in [0.05, 0.1) is 5.56 Å². The molecule has 3 rings (SSSR count). The number of nitrogens with one attached hydrogen (secondary N) is 2. The van der Waals surface area contributed by atoms with Gasteiger partial charge < -0.3 is 15.5 Å². The fourth-order valence-electron chi connectivity index (χ4n) is 2.67. The van der Waals surface area contributed by atoms with E-state index in [2.05, 4.69) is 36.6 Å². The first-order valence-electron chi connectivity index (χ1n) is 7.66. The Hall–Kier alpha value is -2.88. The quantitative estimate of drug-likeness (QED) is 0.891. The van der Waals surface area contributed by atoms with Gasteiger partial charge in [0.1, 0.15) is 29.9 Å². The van der Waals surface area contributed by atoms with Gasteiger partial charge in [-0.15, -0.1) is 0 Å². The van der Waals surface area contributed by atoms with Crippen molar-refractivity contribution in [2.24, 2.45) is 0 Å². The number of piperidine rings is 1. The SMILES string of the molecule is CNc1cc(NC2CCN(c3ccc(C#N)cn3)CC2)ncn1. The molecule has 23 heavy (non-hydrogen) atoms. The number of pyridine rings is 1. The van der Waals surface area contributed by atoms with Crippen molar-refractivity contribution in [3.8, 4) is 6.07 Å². The van der Waals surface area contributed by atoms with Gasteiger partial charge in [-0.1, -0.05) is 0 Å². The maximum atomic E-state index is 8.82. The van der Waals surface area contributed by atoms with Crippen LogP contribution in [0.3, 0.4) is 0 Å². The highest BCUT2D eigenvalue weighted by molar-refractivity contribution is 5.47. The van der Waals surface area contributed by atoms with Gasteiger partial charge in [-0.3, -0.25) is 0 Å². The van der Waals surface area contributed by atoms with Crippen LogP contribution in [-0.4, -0.2) is 41.1 Å². The van der Waals surface area contributed by atoms with Gasteiger partial charge in [-0.25, -0.2) is 15.0 Å². The molecule has 7 heteroatoms. The summed E-state index contributed by atoms with van der Waals surface area (Å²) < 4.78 is 0. The van der Waals surface area contributed by atoms with E-state index in [-0.39, 0.29) is 0 Å². The summed E-state index contributed by atoms with van der Waals surface area (Å²) in [4.78, 5) is 15.0. The van der Waals surface area contributed by atoms with Crippen molar-refractivity contribution in [3.63, 3.8) is 0 Å². The highest BCUT2D eigenvalue weighted by Crippen LogP contribution is 2.20. The summed E-state index contributed by atoms with van der Waals surface area (Å²) in [5.41, 5.74) is 0.592. The van der Waals surface area contributed by atoms with E-state index in [4.69, 9.17) is 5.26 Å². The second-order valence-corrected chi connectivity index (χ2v) is 5.46. The van der Waals surface area contributed by atoms with E-state index in [1.165, 1.54) is 0 Å². The number of aromatic nitrogens is 3. The zero-order valence-corrected chi connectivity index (χ0v) is 13.0. The van der Waals surface area contributed by atoms with Crippen LogP contribution in [0.2, 0.25) is 0 Å². The molecule has 7 nitrogen and oxygen atoms in total.